The number of aromatic amines is 1. The molecule has 6 N–H and O–H groups in total. The van der Waals surface area contributed by atoms with Crippen molar-refractivity contribution in [3.05, 3.63) is 316 Å². The van der Waals surface area contributed by atoms with Gasteiger partial charge in [-0.2, -0.15) is 11.8 Å². The average molecular weight is 1750 g/mol. The van der Waals surface area contributed by atoms with E-state index in [4.69, 9.17) is 28.1 Å². The van der Waals surface area contributed by atoms with Gasteiger partial charge in [-0.05, 0) is 170 Å². The third-order valence-electron chi connectivity index (χ3n) is 19.2. The number of H-pyrrole nitrogens is 1. The quantitative estimate of drug-likeness (QED) is 0.00319. The number of pyridine rings is 1. The molecule has 4 aromatic heterocycles. The zero-order valence-corrected chi connectivity index (χ0v) is 72.6. The Bertz CT molecular complexity index is 5810. The second-order valence-electron chi connectivity index (χ2n) is 28.3. The number of para-hydroxylation sites is 3. The molecule has 2 aliphatic rings. The maximum atomic E-state index is 12.3. The topological polar surface area (TPSA) is 335 Å². The Morgan fingerprint density at radius 3 is 1.98 bits per heavy atom. The molecule has 0 saturated carbocycles. The highest BCUT2D eigenvalue weighted by atomic mass is 32.2. The number of benzene rings is 9. The van der Waals surface area contributed by atoms with Gasteiger partial charge in [0.05, 0.1) is 66.6 Å². The van der Waals surface area contributed by atoms with Crippen molar-refractivity contribution in [1.29, 1.82) is 0 Å². The number of nitrogens with zero attached hydrogens (tertiary/aromatic N) is 3. The van der Waals surface area contributed by atoms with Crippen molar-refractivity contribution in [2.24, 2.45) is 0 Å². The lowest BCUT2D eigenvalue weighted by Crippen LogP contribution is -2.31. The largest absolute Gasteiger partial charge is 0.497 e. The van der Waals surface area contributed by atoms with Crippen molar-refractivity contribution >= 4 is 144 Å². The van der Waals surface area contributed by atoms with Crippen molar-refractivity contribution < 1.29 is 76.0 Å². The molecule has 0 atom stereocenters. The molecule has 646 valence electrons. The summed E-state index contributed by atoms with van der Waals surface area (Å²) < 4.78 is 31.9. The summed E-state index contributed by atoms with van der Waals surface area (Å²) in [4.78, 5) is 133. The number of rotatable bonds is 34. The number of imide groups is 1. The first-order valence-corrected chi connectivity index (χ1v) is 43.7. The van der Waals surface area contributed by atoms with E-state index in [2.05, 4.69) is 73.6 Å². The number of fused-ring (bicyclic) bond motifs is 4. The van der Waals surface area contributed by atoms with Gasteiger partial charge in [-0.3, -0.25) is 58.2 Å². The molecule has 0 bridgehead atoms. The second kappa shape index (κ2) is 48.0. The first-order valence-electron chi connectivity index (χ1n) is 40.7. The van der Waals surface area contributed by atoms with Gasteiger partial charge >= 0.3 is 5.97 Å². The fraction of sp³-hybridized carbons (Fsp3) is 0.204. The highest BCUT2D eigenvalue weighted by Crippen LogP contribution is 2.36. The monoisotopic (exact) mass is 1750 g/mol. The maximum Gasteiger partial charge on any atom is 0.311 e. The second-order valence-corrected chi connectivity index (χ2v) is 31.4. The molecule has 9 aromatic carbocycles. The van der Waals surface area contributed by atoms with E-state index >= 15 is 0 Å². The number of Topliss-reactive ketones (excluding diaryl/α,β-unsaturated/α-hetero) is 2. The summed E-state index contributed by atoms with van der Waals surface area (Å²) in [6.45, 7) is 7.71. The summed E-state index contributed by atoms with van der Waals surface area (Å²) in [5, 5.41) is 18.8. The Balaban J connectivity index is 0.000000154. The van der Waals surface area contributed by atoms with Crippen LogP contribution in [0.1, 0.15) is 116 Å². The number of thioether (sulfide) groups is 2. The van der Waals surface area contributed by atoms with Gasteiger partial charge in [-0.15, -0.1) is 11.3 Å². The van der Waals surface area contributed by atoms with E-state index in [-0.39, 0.29) is 60.8 Å². The van der Waals surface area contributed by atoms with Crippen molar-refractivity contribution in [1.82, 2.24) is 30.5 Å². The van der Waals surface area contributed by atoms with Crippen LogP contribution in [0.2, 0.25) is 0 Å². The summed E-state index contributed by atoms with van der Waals surface area (Å²) >= 11 is 4.35. The Labute approximate surface area is 741 Å². The van der Waals surface area contributed by atoms with Crippen molar-refractivity contribution in [2.75, 3.05) is 67.2 Å². The number of furan rings is 1. The number of nitrogens with one attached hydrogen (secondary N) is 6. The van der Waals surface area contributed by atoms with Gasteiger partial charge < -0.3 is 54.4 Å². The van der Waals surface area contributed by atoms with Crippen LogP contribution in [0.5, 0.6) is 28.7 Å². The minimum atomic E-state index is -0.681. The van der Waals surface area contributed by atoms with E-state index < -0.39 is 17.7 Å². The van der Waals surface area contributed by atoms with E-state index in [1.165, 1.54) is 46.2 Å². The summed E-state index contributed by atoms with van der Waals surface area (Å²) in [6, 6.07) is 72.7. The van der Waals surface area contributed by atoms with Crippen molar-refractivity contribution in [3.63, 3.8) is 0 Å². The minimum absolute atomic E-state index is 0.0152. The smallest absolute Gasteiger partial charge is 0.311 e. The molecule has 2 aliphatic heterocycles. The predicted molar refractivity (Wildman–Crippen MR) is 492 cm³/mol. The van der Waals surface area contributed by atoms with Crippen molar-refractivity contribution in [3.8, 4) is 28.7 Å². The fourth-order valence-electron chi connectivity index (χ4n) is 12.9. The number of anilines is 3. The van der Waals surface area contributed by atoms with Gasteiger partial charge in [-0.25, -0.2) is 9.97 Å². The standard InChI is InChI=1S/C25H22N2O4.C24H31NO3S.C19H17NO5.C17H16N2O2S.C13H9N3O2S/c1-30-23-14-18(13-20-19-9-5-6-10-21(19)27-25(20)29)11-12-22(23)31-16-24(28)26-15-17-7-3-2-4-8-17;1-3-5-19-6-10-21(11-7-19)25-24(27)15-17-29-16-14-22(26)18-20-8-12-23(13-9-20)28-4-2;1-24-13-8-10-14(11-9-13)25-17(21)7-4-12-20-18(22)15-5-2-3-6-16(15)19(20)23;1-12-9-17(19-15-7-3-2-6-14(12)15)22-11-16(20)18-10-13-5-4-8-21-13;17-11(12(18)16-13-14-5-6-19-13)9-7-15-10-4-2-1-3-8(9)10/h2-14H,15-16H2,1H3,(H,26,28)(H,27,29);6-13H,3-5,14-18H2,1-2H3,(H,25,27);2-3,5-6,8-11H,4,7,12H2,1H3;2-9H,10-11H2,1H3,(H,18,20);1-7,15H,(H,14,16,18)/b20-13+;;;;. The van der Waals surface area contributed by atoms with Crippen LogP contribution in [0.4, 0.5) is 16.5 Å². The SMILES string of the molecule is CCCc1ccc(NC(=O)CCSCCC(=O)Cc2ccc(OCC)cc2)cc1.COc1cc(/C=C2/C(=O)Nc3ccccc32)ccc1OCC(=O)NCc1ccccc1.COc1ccc(OC(=O)CCCN2C(=O)c3ccccc3C2=O)cc1.Cc1cc(SCC(=O)NCc2ccco2)nc2ccccc12.O=C(Nc1nccs1)C(=O)c1c[nH]c2ccccc12. The van der Waals surface area contributed by atoms with Crippen LogP contribution >= 0.6 is 34.9 Å². The molecule has 13 aromatic rings. The van der Waals surface area contributed by atoms with Gasteiger partial charge in [0.1, 0.15) is 28.8 Å². The zero-order chi connectivity index (χ0) is 88.9. The van der Waals surface area contributed by atoms with Gasteiger partial charge in [0.15, 0.2) is 23.2 Å². The summed E-state index contributed by atoms with van der Waals surface area (Å²) in [7, 11) is 3.09. The Morgan fingerprint density at radius 2 is 1.28 bits per heavy atom. The maximum absolute atomic E-state index is 12.3. The van der Waals surface area contributed by atoms with Gasteiger partial charge in [0.2, 0.25) is 11.8 Å². The number of ether oxygens (including phenoxy) is 5. The van der Waals surface area contributed by atoms with E-state index in [1.54, 1.807) is 122 Å². The third-order valence-corrected chi connectivity index (χ3v) is 21.8. The third kappa shape index (κ3) is 27.9. The molecule has 7 amide bonds. The number of aromatic nitrogens is 3. The van der Waals surface area contributed by atoms with Gasteiger partial charge in [0, 0.05) is 107 Å². The molecule has 25 nitrogen and oxygen atoms in total. The van der Waals surface area contributed by atoms with Crippen LogP contribution in [0.25, 0.3) is 33.5 Å². The number of hydrogen-bond donors (Lipinski definition) is 6. The lowest BCUT2D eigenvalue weighted by Gasteiger charge is -2.13. The molecule has 126 heavy (non-hydrogen) atoms. The number of esters is 1. The Kier molecular flexibility index (Phi) is 35.2. The molecule has 0 unspecified atom stereocenters. The van der Waals surface area contributed by atoms with Gasteiger partial charge in [0.25, 0.3) is 35.3 Å². The predicted octanol–water partition coefficient (Wildman–Crippen LogP) is 17.9. The normalized spacial score (nSPS) is 11.8. The van der Waals surface area contributed by atoms with Crippen LogP contribution in [0, 0.1) is 6.92 Å². The first-order chi connectivity index (χ1) is 61.3. The molecular weight excluding hydrogens is 1660 g/mol. The number of thiazole rings is 1. The average Bonchev–Trinajstić information content (AvgIpc) is 1.63. The van der Waals surface area contributed by atoms with Crippen LogP contribution in [0.15, 0.2) is 270 Å². The number of carbonyl (C=O) groups excluding carboxylic acids is 10. The lowest BCUT2D eigenvalue weighted by molar-refractivity contribution is -0.134. The van der Waals surface area contributed by atoms with E-state index in [9.17, 15) is 47.9 Å². The highest BCUT2D eigenvalue weighted by Gasteiger charge is 2.35. The fourth-order valence-corrected chi connectivity index (χ4v) is 15.1. The molecule has 0 saturated heterocycles. The lowest BCUT2D eigenvalue weighted by atomic mass is 10.0. The van der Waals surface area contributed by atoms with Crippen molar-refractivity contribution in [2.45, 2.75) is 83.8 Å². The molecule has 0 radical (unpaired) electrons. The molecule has 15 rings (SSSR count). The minimum Gasteiger partial charge on any atom is -0.497 e. The molecule has 0 aliphatic carbocycles. The van der Waals surface area contributed by atoms with Crippen LogP contribution in [0.3, 0.4) is 0 Å². The Morgan fingerprint density at radius 1 is 0.603 bits per heavy atom. The number of carbonyl (C=O) groups is 10. The molecule has 0 spiro atoms. The number of methoxy groups -OCH3 is 2. The zero-order valence-electron chi connectivity index (χ0n) is 70.1. The molecule has 28 heteroatoms. The number of aryl methyl sites for hydroxylation is 2. The summed E-state index contributed by atoms with van der Waals surface area (Å²) in [6.07, 6.45) is 10.6. The Hall–Kier alpha value is -14.2. The van der Waals surface area contributed by atoms with Crippen LogP contribution in [-0.2, 0) is 59.5 Å². The van der Waals surface area contributed by atoms with E-state index in [1.807, 2.05) is 153 Å². The van der Waals surface area contributed by atoms with Crippen LogP contribution < -0.4 is 50.3 Å². The molecule has 6 heterocycles. The van der Waals surface area contributed by atoms with Crippen LogP contribution in [-0.4, -0.2) is 130 Å². The number of hydrogen-bond acceptors (Lipinski definition) is 21. The highest BCUT2D eigenvalue weighted by molar-refractivity contribution is 8.00. The van der Waals surface area contributed by atoms with Gasteiger partial charge in [-0.1, -0.05) is 153 Å². The number of amides is 7. The summed E-state index contributed by atoms with van der Waals surface area (Å²) in [5.41, 5.74) is 11.3. The summed E-state index contributed by atoms with van der Waals surface area (Å²) in [5.74, 6) is 2.94. The van der Waals surface area contributed by atoms with E-state index in [0.29, 0.717) is 102 Å². The van der Waals surface area contributed by atoms with E-state index in [0.717, 1.165) is 96.3 Å². The molecular formula is C98H95N9O16S3. The first kappa shape index (κ1) is 92.5. The number of ketones is 2. The molecule has 0 fully saturated rings.